The third-order valence-electron chi connectivity index (χ3n) is 3.67. The lowest BCUT2D eigenvalue weighted by molar-refractivity contribution is -0.385. The molecule has 4 heteroatoms. The molecule has 0 amide bonds. The van der Waals surface area contributed by atoms with Gasteiger partial charge < -0.3 is 5.32 Å². The lowest BCUT2D eigenvalue weighted by Gasteiger charge is -2.22. The van der Waals surface area contributed by atoms with Gasteiger partial charge >= 0.3 is 0 Å². The Kier molecular flexibility index (Phi) is 4.31. The quantitative estimate of drug-likeness (QED) is 0.657. The summed E-state index contributed by atoms with van der Waals surface area (Å²) < 4.78 is 0. The number of nitro groups is 1. The molecule has 0 unspecified atom stereocenters. The van der Waals surface area contributed by atoms with Crippen LogP contribution in [0.25, 0.3) is 0 Å². The highest BCUT2D eigenvalue weighted by atomic mass is 16.6. The second-order valence-electron chi connectivity index (χ2n) is 5.09. The fourth-order valence-corrected chi connectivity index (χ4v) is 2.53. The molecule has 0 atom stereocenters. The van der Waals surface area contributed by atoms with E-state index >= 15 is 0 Å². The minimum Gasteiger partial charge on any atom is -0.310 e. The van der Waals surface area contributed by atoms with Gasteiger partial charge in [0.05, 0.1) is 4.92 Å². The van der Waals surface area contributed by atoms with E-state index < -0.39 is 0 Å². The topological polar surface area (TPSA) is 55.2 Å². The third-order valence-corrected chi connectivity index (χ3v) is 3.67. The maximum absolute atomic E-state index is 10.9. The lowest BCUT2D eigenvalue weighted by Crippen LogP contribution is -2.30. The molecule has 1 aliphatic rings. The van der Waals surface area contributed by atoms with Crippen molar-refractivity contribution in [2.45, 2.75) is 51.6 Å². The second-order valence-corrected chi connectivity index (χ2v) is 5.09. The summed E-state index contributed by atoms with van der Waals surface area (Å²) in [7, 11) is 0. The van der Waals surface area contributed by atoms with Crippen molar-refractivity contribution in [2.75, 3.05) is 0 Å². The van der Waals surface area contributed by atoms with Gasteiger partial charge in [-0.2, -0.15) is 0 Å². The van der Waals surface area contributed by atoms with E-state index in [2.05, 4.69) is 5.32 Å². The largest absolute Gasteiger partial charge is 0.310 e. The van der Waals surface area contributed by atoms with Crippen LogP contribution in [0.3, 0.4) is 0 Å². The van der Waals surface area contributed by atoms with Crippen molar-refractivity contribution in [3.63, 3.8) is 0 Å². The first-order chi connectivity index (χ1) is 8.66. The number of rotatable bonds is 4. The van der Waals surface area contributed by atoms with Crippen molar-refractivity contribution in [3.8, 4) is 0 Å². The zero-order chi connectivity index (χ0) is 13.0. The zero-order valence-corrected chi connectivity index (χ0v) is 10.8. The third kappa shape index (κ3) is 3.29. The van der Waals surface area contributed by atoms with Crippen LogP contribution in [0.4, 0.5) is 5.69 Å². The highest BCUT2D eigenvalue weighted by molar-refractivity contribution is 5.42. The van der Waals surface area contributed by atoms with Crippen LogP contribution in [-0.4, -0.2) is 11.0 Å². The predicted octanol–water partition coefficient (Wildman–Crippen LogP) is 3.33. The zero-order valence-electron chi connectivity index (χ0n) is 10.8. The molecule has 0 bridgehead atoms. The standard InChI is InChI=1S/C14H20N2O2/c1-11-7-8-12(9-14(11)16(17)18)10-15-13-5-3-2-4-6-13/h7-9,13,15H,2-6,10H2,1H3. The molecule has 4 nitrogen and oxygen atoms in total. The van der Waals surface area contributed by atoms with Crippen molar-refractivity contribution in [2.24, 2.45) is 0 Å². The molecule has 98 valence electrons. The molecule has 1 aromatic rings. The van der Waals surface area contributed by atoms with Crippen LogP contribution in [0.5, 0.6) is 0 Å². The van der Waals surface area contributed by atoms with E-state index in [1.54, 1.807) is 13.0 Å². The Hall–Kier alpha value is -1.42. The Morgan fingerprint density at radius 2 is 2.06 bits per heavy atom. The van der Waals surface area contributed by atoms with E-state index in [0.717, 1.165) is 17.7 Å². The van der Waals surface area contributed by atoms with Crippen LogP contribution < -0.4 is 5.32 Å². The molecular formula is C14H20N2O2. The van der Waals surface area contributed by atoms with E-state index in [0.29, 0.717) is 6.04 Å². The predicted molar refractivity (Wildman–Crippen MR) is 71.5 cm³/mol. The van der Waals surface area contributed by atoms with E-state index in [-0.39, 0.29) is 10.6 Å². The van der Waals surface area contributed by atoms with Crippen molar-refractivity contribution in [1.82, 2.24) is 5.32 Å². The first-order valence-corrected chi connectivity index (χ1v) is 6.64. The summed E-state index contributed by atoms with van der Waals surface area (Å²) in [5.74, 6) is 0. The molecule has 0 aliphatic heterocycles. The number of nitrogens with one attached hydrogen (secondary N) is 1. The van der Waals surface area contributed by atoms with E-state index in [1.807, 2.05) is 12.1 Å². The summed E-state index contributed by atoms with van der Waals surface area (Å²) >= 11 is 0. The first-order valence-electron chi connectivity index (χ1n) is 6.64. The Morgan fingerprint density at radius 1 is 1.33 bits per heavy atom. The number of nitrogens with zero attached hydrogens (tertiary/aromatic N) is 1. The van der Waals surface area contributed by atoms with Crippen molar-refractivity contribution in [1.29, 1.82) is 0 Å². The fraction of sp³-hybridized carbons (Fsp3) is 0.571. The smallest absolute Gasteiger partial charge is 0.272 e. The van der Waals surface area contributed by atoms with Crippen molar-refractivity contribution in [3.05, 3.63) is 39.4 Å². The van der Waals surface area contributed by atoms with Crippen LogP contribution in [0.15, 0.2) is 18.2 Å². The molecule has 1 N–H and O–H groups in total. The maximum atomic E-state index is 10.9. The Labute approximate surface area is 108 Å². The van der Waals surface area contributed by atoms with Gasteiger partial charge in [0.15, 0.2) is 0 Å². The minimum atomic E-state index is -0.306. The Bertz CT molecular complexity index is 426. The van der Waals surface area contributed by atoms with Crippen molar-refractivity contribution >= 4 is 5.69 Å². The van der Waals surface area contributed by atoms with Gasteiger partial charge in [-0.3, -0.25) is 10.1 Å². The minimum absolute atomic E-state index is 0.220. The van der Waals surface area contributed by atoms with Gasteiger partial charge in [0.2, 0.25) is 0 Å². The van der Waals surface area contributed by atoms with Gasteiger partial charge in [-0.05, 0) is 25.3 Å². The van der Waals surface area contributed by atoms with E-state index in [4.69, 9.17) is 0 Å². The van der Waals surface area contributed by atoms with E-state index in [9.17, 15) is 10.1 Å². The highest BCUT2D eigenvalue weighted by Crippen LogP contribution is 2.21. The average Bonchev–Trinajstić information content (AvgIpc) is 2.38. The molecule has 1 saturated carbocycles. The maximum Gasteiger partial charge on any atom is 0.272 e. The molecule has 0 aromatic heterocycles. The van der Waals surface area contributed by atoms with Gasteiger partial charge in [-0.1, -0.05) is 31.4 Å². The summed E-state index contributed by atoms with van der Waals surface area (Å²) in [6.07, 6.45) is 6.40. The first kappa shape index (κ1) is 13.0. The molecule has 1 fully saturated rings. The molecule has 0 saturated heterocycles. The molecule has 0 spiro atoms. The van der Waals surface area contributed by atoms with Crippen LogP contribution in [0.2, 0.25) is 0 Å². The second kappa shape index (κ2) is 5.96. The monoisotopic (exact) mass is 248 g/mol. The molecular weight excluding hydrogens is 228 g/mol. The SMILES string of the molecule is Cc1ccc(CNC2CCCCC2)cc1[N+](=O)[O-]. The molecule has 18 heavy (non-hydrogen) atoms. The molecule has 2 rings (SSSR count). The summed E-state index contributed by atoms with van der Waals surface area (Å²) in [6.45, 7) is 2.50. The van der Waals surface area contributed by atoms with Crippen LogP contribution in [-0.2, 0) is 6.54 Å². The van der Waals surface area contributed by atoms with Gasteiger partial charge in [0.25, 0.3) is 5.69 Å². The molecule has 1 aliphatic carbocycles. The molecule has 1 aromatic carbocycles. The number of hydrogen-bond acceptors (Lipinski definition) is 3. The average molecular weight is 248 g/mol. The molecule has 0 radical (unpaired) electrons. The number of hydrogen-bond donors (Lipinski definition) is 1. The highest BCUT2D eigenvalue weighted by Gasteiger charge is 2.14. The summed E-state index contributed by atoms with van der Waals surface area (Å²) in [5.41, 5.74) is 1.94. The van der Waals surface area contributed by atoms with Crippen LogP contribution in [0.1, 0.15) is 43.2 Å². The van der Waals surface area contributed by atoms with Crippen LogP contribution in [0, 0.1) is 17.0 Å². The number of benzene rings is 1. The van der Waals surface area contributed by atoms with Crippen molar-refractivity contribution < 1.29 is 4.92 Å². The van der Waals surface area contributed by atoms with Gasteiger partial charge in [-0.25, -0.2) is 0 Å². The summed E-state index contributed by atoms with van der Waals surface area (Å²) in [6, 6.07) is 6.07. The molecule has 0 heterocycles. The van der Waals surface area contributed by atoms with Crippen LogP contribution >= 0.6 is 0 Å². The Morgan fingerprint density at radius 3 is 2.72 bits per heavy atom. The summed E-state index contributed by atoms with van der Waals surface area (Å²) in [5, 5.41) is 14.4. The van der Waals surface area contributed by atoms with Gasteiger partial charge in [0, 0.05) is 24.2 Å². The van der Waals surface area contributed by atoms with Gasteiger partial charge in [0.1, 0.15) is 0 Å². The van der Waals surface area contributed by atoms with Gasteiger partial charge in [-0.15, -0.1) is 0 Å². The Balaban J connectivity index is 1.96. The number of nitro benzene ring substituents is 1. The summed E-state index contributed by atoms with van der Waals surface area (Å²) in [4.78, 5) is 10.6. The lowest BCUT2D eigenvalue weighted by atomic mass is 9.95. The normalized spacial score (nSPS) is 16.7. The van der Waals surface area contributed by atoms with E-state index in [1.165, 1.54) is 32.1 Å². The number of aryl methyl sites for hydroxylation is 1. The fourth-order valence-electron chi connectivity index (χ4n) is 2.53.